The molecule has 2 rings (SSSR count). The van der Waals surface area contributed by atoms with Gasteiger partial charge in [-0.05, 0) is 59.2 Å². The molecule has 16 heavy (non-hydrogen) atoms. The van der Waals surface area contributed by atoms with E-state index < -0.39 is 0 Å². The first-order chi connectivity index (χ1) is 7.49. The topological polar surface area (TPSA) is 32.5 Å². The van der Waals surface area contributed by atoms with Gasteiger partial charge in [0.15, 0.2) is 0 Å². The normalized spacial score (nSPS) is 31.7. The molecule has 1 aliphatic carbocycles. The van der Waals surface area contributed by atoms with E-state index in [0.29, 0.717) is 6.04 Å². The number of nitrogens with two attached hydrogens (primary N) is 1. The van der Waals surface area contributed by atoms with Crippen LogP contribution in [0.25, 0.3) is 0 Å². The average Bonchev–Trinajstić information content (AvgIpc) is 3.00. The van der Waals surface area contributed by atoms with Gasteiger partial charge < -0.3 is 15.5 Å². The fraction of sp³-hybridized carbons (Fsp3) is 1.00. The molecule has 1 aliphatic heterocycles. The molecule has 0 spiro atoms. The van der Waals surface area contributed by atoms with E-state index in [1.54, 1.807) is 0 Å². The molecule has 0 radical (unpaired) electrons. The lowest BCUT2D eigenvalue weighted by Crippen LogP contribution is -2.54. The molecule has 0 aromatic rings. The second kappa shape index (κ2) is 4.63. The highest BCUT2D eigenvalue weighted by Gasteiger charge is 2.39. The Morgan fingerprint density at radius 2 is 2.06 bits per heavy atom. The van der Waals surface area contributed by atoms with Crippen LogP contribution < -0.4 is 5.73 Å². The van der Waals surface area contributed by atoms with E-state index in [4.69, 9.17) is 5.73 Å². The summed E-state index contributed by atoms with van der Waals surface area (Å²) in [5.74, 6) is 0.774. The maximum Gasteiger partial charge on any atom is 0.0283 e. The molecule has 3 nitrogen and oxygen atoms in total. The van der Waals surface area contributed by atoms with Crippen LogP contribution in [0.2, 0.25) is 0 Å². The summed E-state index contributed by atoms with van der Waals surface area (Å²) in [5.41, 5.74) is 6.44. The maximum atomic E-state index is 6.41. The van der Waals surface area contributed by atoms with Crippen LogP contribution in [0.15, 0.2) is 0 Å². The number of piperidine rings is 1. The first-order valence-electron chi connectivity index (χ1n) is 6.67. The zero-order valence-electron chi connectivity index (χ0n) is 11.1. The number of likely N-dealkylation sites (N-methyl/N-ethyl adjacent to an activating group) is 2. The Hall–Kier alpha value is -0.120. The van der Waals surface area contributed by atoms with Crippen molar-refractivity contribution < 1.29 is 0 Å². The van der Waals surface area contributed by atoms with Crippen molar-refractivity contribution in [3.63, 3.8) is 0 Å². The van der Waals surface area contributed by atoms with Crippen LogP contribution in [0.3, 0.4) is 0 Å². The molecule has 0 aromatic carbocycles. The highest BCUT2D eigenvalue weighted by molar-refractivity contribution is 4.98. The summed E-state index contributed by atoms with van der Waals surface area (Å²) in [4.78, 5) is 4.93. The molecular formula is C13H27N3. The van der Waals surface area contributed by atoms with E-state index in [1.807, 2.05) is 0 Å². The fourth-order valence-corrected chi connectivity index (χ4v) is 3.04. The molecule has 3 heteroatoms. The minimum absolute atomic E-state index is 0.0325. The summed E-state index contributed by atoms with van der Waals surface area (Å²) < 4.78 is 0. The Morgan fingerprint density at radius 3 is 2.62 bits per heavy atom. The van der Waals surface area contributed by atoms with E-state index in [0.717, 1.165) is 12.5 Å². The highest BCUT2D eigenvalue weighted by atomic mass is 15.2. The van der Waals surface area contributed by atoms with E-state index in [1.165, 1.54) is 38.8 Å². The molecule has 2 unspecified atom stereocenters. The van der Waals surface area contributed by atoms with Gasteiger partial charge >= 0.3 is 0 Å². The summed E-state index contributed by atoms with van der Waals surface area (Å²) in [6, 6.07) is 0.709. The Morgan fingerprint density at radius 1 is 1.38 bits per heavy atom. The molecule has 2 N–H and O–H groups in total. The zero-order valence-corrected chi connectivity index (χ0v) is 11.1. The molecule has 1 saturated heterocycles. The smallest absolute Gasteiger partial charge is 0.0283 e. The molecule has 2 atom stereocenters. The third-order valence-electron chi connectivity index (χ3n) is 4.32. The van der Waals surface area contributed by atoms with Crippen molar-refractivity contribution in [1.82, 2.24) is 9.80 Å². The largest absolute Gasteiger partial charge is 0.324 e. The van der Waals surface area contributed by atoms with Gasteiger partial charge in [0.2, 0.25) is 0 Å². The predicted octanol–water partition coefficient (Wildman–Crippen LogP) is 1.14. The van der Waals surface area contributed by atoms with Crippen molar-refractivity contribution in [2.24, 2.45) is 11.7 Å². The Labute approximate surface area is 100.0 Å². The van der Waals surface area contributed by atoms with E-state index in [9.17, 15) is 0 Å². The van der Waals surface area contributed by atoms with Crippen molar-refractivity contribution in [3.05, 3.63) is 0 Å². The van der Waals surface area contributed by atoms with Crippen molar-refractivity contribution in [2.75, 3.05) is 33.7 Å². The van der Waals surface area contributed by atoms with Gasteiger partial charge in [-0.15, -0.1) is 0 Å². The van der Waals surface area contributed by atoms with Crippen LogP contribution in [0, 0.1) is 5.92 Å². The molecule has 0 aromatic heterocycles. The van der Waals surface area contributed by atoms with Crippen LogP contribution in [0.4, 0.5) is 0 Å². The number of hydrogen-bond donors (Lipinski definition) is 1. The molecular weight excluding hydrogens is 198 g/mol. The van der Waals surface area contributed by atoms with Crippen molar-refractivity contribution >= 4 is 0 Å². The van der Waals surface area contributed by atoms with Gasteiger partial charge in [0.05, 0.1) is 0 Å². The second-order valence-corrected chi connectivity index (χ2v) is 6.25. The van der Waals surface area contributed by atoms with Gasteiger partial charge in [-0.25, -0.2) is 0 Å². The summed E-state index contributed by atoms with van der Waals surface area (Å²) in [6.07, 6.45) is 5.34. The van der Waals surface area contributed by atoms with Crippen LogP contribution >= 0.6 is 0 Å². The number of likely N-dealkylation sites (tertiary alicyclic amines) is 1. The molecule has 0 bridgehead atoms. The Kier molecular flexibility index (Phi) is 3.57. The monoisotopic (exact) mass is 225 g/mol. The minimum atomic E-state index is 0.0325. The molecule has 94 valence electrons. The van der Waals surface area contributed by atoms with Gasteiger partial charge in [0.1, 0.15) is 0 Å². The SMILES string of the molecule is CN1CCCC(N(C)CC(C)(N)C2CC2)C1. The van der Waals surface area contributed by atoms with Crippen LogP contribution in [0.5, 0.6) is 0 Å². The van der Waals surface area contributed by atoms with E-state index >= 15 is 0 Å². The first-order valence-corrected chi connectivity index (χ1v) is 6.67. The van der Waals surface area contributed by atoms with Crippen LogP contribution in [0.1, 0.15) is 32.6 Å². The van der Waals surface area contributed by atoms with Crippen molar-refractivity contribution in [3.8, 4) is 0 Å². The van der Waals surface area contributed by atoms with Gasteiger partial charge in [-0.2, -0.15) is 0 Å². The fourth-order valence-electron chi connectivity index (χ4n) is 3.04. The molecule has 1 heterocycles. The number of rotatable bonds is 4. The van der Waals surface area contributed by atoms with Crippen LogP contribution in [-0.2, 0) is 0 Å². The van der Waals surface area contributed by atoms with E-state index in [-0.39, 0.29) is 5.54 Å². The molecule has 2 fully saturated rings. The zero-order chi connectivity index (χ0) is 11.8. The number of hydrogen-bond acceptors (Lipinski definition) is 3. The lowest BCUT2D eigenvalue weighted by molar-refractivity contribution is 0.111. The lowest BCUT2D eigenvalue weighted by Gasteiger charge is -2.39. The van der Waals surface area contributed by atoms with Crippen molar-refractivity contribution in [2.45, 2.75) is 44.2 Å². The standard InChI is InChI=1S/C13H27N3/c1-13(14,11-6-7-11)10-16(3)12-5-4-8-15(2)9-12/h11-12H,4-10,14H2,1-3H3. The van der Waals surface area contributed by atoms with E-state index in [2.05, 4.69) is 30.8 Å². The first kappa shape index (κ1) is 12.3. The van der Waals surface area contributed by atoms with Crippen LogP contribution in [-0.4, -0.2) is 55.1 Å². The Balaban J connectivity index is 1.84. The summed E-state index contributed by atoms with van der Waals surface area (Å²) >= 11 is 0. The maximum absolute atomic E-state index is 6.41. The lowest BCUT2D eigenvalue weighted by atomic mass is 9.95. The molecule has 1 saturated carbocycles. The third kappa shape index (κ3) is 2.96. The Bertz CT molecular complexity index is 235. The van der Waals surface area contributed by atoms with Gasteiger partial charge in [-0.3, -0.25) is 0 Å². The van der Waals surface area contributed by atoms with Crippen molar-refractivity contribution in [1.29, 1.82) is 0 Å². The highest BCUT2D eigenvalue weighted by Crippen LogP contribution is 2.38. The predicted molar refractivity (Wildman–Crippen MR) is 68.5 cm³/mol. The average molecular weight is 225 g/mol. The summed E-state index contributed by atoms with van der Waals surface area (Å²) in [7, 11) is 4.47. The minimum Gasteiger partial charge on any atom is -0.324 e. The molecule has 0 amide bonds. The van der Waals surface area contributed by atoms with Gasteiger partial charge in [-0.1, -0.05) is 0 Å². The summed E-state index contributed by atoms with van der Waals surface area (Å²) in [6.45, 7) is 5.74. The molecule has 2 aliphatic rings. The van der Waals surface area contributed by atoms with Gasteiger partial charge in [0.25, 0.3) is 0 Å². The summed E-state index contributed by atoms with van der Waals surface area (Å²) in [5, 5.41) is 0. The quantitative estimate of drug-likeness (QED) is 0.779. The number of nitrogens with zero attached hydrogens (tertiary/aromatic N) is 2. The second-order valence-electron chi connectivity index (χ2n) is 6.25. The van der Waals surface area contributed by atoms with Gasteiger partial charge in [0, 0.05) is 24.7 Å². The third-order valence-corrected chi connectivity index (χ3v) is 4.32.